The number of amides is 1. The zero-order valence-electron chi connectivity index (χ0n) is 10.5. The average molecular weight is 308 g/mol. The number of thioether (sulfide) groups is 1. The number of rotatable bonds is 2. The number of halogens is 3. The van der Waals surface area contributed by atoms with E-state index in [1.807, 2.05) is 0 Å². The molecule has 110 valence electrons. The van der Waals surface area contributed by atoms with Crippen LogP contribution in [0.4, 0.5) is 23.8 Å². The third kappa shape index (κ3) is 4.30. The highest BCUT2D eigenvalue weighted by Crippen LogP contribution is 2.37. The summed E-state index contributed by atoms with van der Waals surface area (Å²) in [5, 5.41) is 2.04. The minimum atomic E-state index is -4.70. The van der Waals surface area contributed by atoms with Crippen LogP contribution in [0.3, 0.4) is 0 Å². The van der Waals surface area contributed by atoms with Crippen LogP contribution < -0.4 is 15.8 Å². The molecule has 0 aliphatic heterocycles. The fourth-order valence-corrected chi connectivity index (χ4v) is 1.28. The van der Waals surface area contributed by atoms with E-state index in [1.54, 1.807) is 6.26 Å². The number of aromatic nitrogens is 1. The van der Waals surface area contributed by atoms with Crippen LogP contribution in [0.25, 0.3) is 0 Å². The monoisotopic (exact) mass is 308 g/mol. The van der Waals surface area contributed by atoms with Gasteiger partial charge < -0.3 is 15.8 Å². The number of ether oxygens (including phenoxy) is 1. The lowest BCUT2D eigenvalue weighted by Gasteiger charge is -2.11. The maximum atomic E-state index is 12.9. The topological polar surface area (TPSA) is 89.6 Å². The van der Waals surface area contributed by atoms with E-state index in [1.165, 1.54) is 7.05 Å². The SMILES string of the molecule is CNC(=O)Oc1cnc(N=C(N)SC)c(C(F)(F)F)c1. The van der Waals surface area contributed by atoms with Gasteiger partial charge in [0.15, 0.2) is 16.7 Å². The van der Waals surface area contributed by atoms with Crippen LogP contribution in [0.15, 0.2) is 17.3 Å². The van der Waals surface area contributed by atoms with Crippen LogP contribution >= 0.6 is 11.8 Å². The molecule has 0 aliphatic rings. The molecule has 0 radical (unpaired) electrons. The minimum Gasteiger partial charge on any atom is -0.409 e. The number of nitrogens with two attached hydrogens (primary N) is 1. The first kappa shape index (κ1) is 16.1. The maximum Gasteiger partial charge on any atom is 0.420 e. The zero-order chi connectivity index (χ0) is 15.3. The molecule has 10 heteroatoms. The number of hydrogen-bond donors (Lipinski definition) is 2. The highest BCUT2D eigenvalue weighted by atomic mass is 32.2. The number of alkyl halides is 3. The van der Waals surface area contributed by atoms with Gasteiger partial charge in [-0.05, 0) is 12.3 Å². The second kappa shape index (κ2) is 6.46. The van der Waals surface area contributed by atoms with Gasteiger partial charge in [-0.15, -0.1) is 0 Å². The zero-order valence-corrected chi connectivity index (χ0v) is 11.3. The van der Waals surface area contributed by atoms with Gasteiger partial charge in [-0.1, -0.05) is 11.8 Å². The second-order valence-electron chi connectivity index (χ2n) is 3.33. The number of hydrogen-bond acceptors (Lipinski definition) is 5. The van der Waals surface area contributed by atoms with E-state index in [0.717, 1.165) is 18.0 Å². The molecule has 1 heterocycles. The van der Waals surface area contributed by atoms with Gasteiger partial charge in [0.1, 0.15) is 5.56 Å². The van der Waals surface area contributed by atoms with Gasteiger partial charge in [-0.25, -0.2) is 14.8 Å². The molecule has 3 N–H and O–H groups in total. The van der Waals surface area contributed by atoms with E-state index in [9.17, 15) is 18.0 Å². The number of carbonyl (C=O) groups excluding carboxylic acids is 1. The van der Waals surface area contributed by atoms with Crippen molar-refractivity contribution in [2.45, 2.75) is 6.18 Å². The highest BCUT2D eigenvalue weighted by molar-refractivity contribution is 8.13. The number of amidine groups is 1. The van der Waals surface area contributed by atoms with Gasteiger partial charge >= 0.3 is 12.3 Å². The number of nitrogens with zero attached hydrogens (tertiary/aromatic N) is 2. The molecule has 20 heavy (non-hydrogen) atoms. The van der Waals surface area contributed by atoms with Gasteiger partial charge in [0.2, 0.25) is 0 Å². The number of nitrogens with one attached hydrogen (secondary N) is 1. The highest BCUT2D eigenvalue weighted by Gasteiger charge is 2.35. The largest absolute Gasteiger partial charge is 0.420 e. The van der Waals surface area contributed by atoms with E-state index in [4.69, 9.17) is 5.73 Å². The Balaban J connectivity index is 3.24. The summed E-state index contributed by atoms with van der Waals surface area (Å²) >= 11 is 0.982. The van der Waals surface area contributed by atoms with Crippen molar-refractivity contribution >= 4 is 28.8 Å². The van der Waals surface area contributed by atoms with Crippen molar-refractivity contribution in [1.29, 1.82) is 0 Å². The summed E-state index contributed by atoms with van der Waals surface area (Å²) in [5.74, 6) is -0.938. The number of aliphatic imine (C=N–C) groups is 1. The van der Waals surface area contributed by atoms with Crippen LogP contribution in [-0.4, -0.2) is 29.5 Å². The summed E-state index contributed by atoms with van der Waals surface area (Å²) in [4.78, 5) is 18.0. The lowest BCUT2D eigenvalue weighted by Crippen LogP contribution is -2.22. The third-order valence-corrected chi connectivity index (χ3v) is 2.50. The lowest BCUT2D eigenvalue weighted by atomic mass is 10.2. The molecule has 1 amide bonds. The summed E-state index contributed by atoms with van der Waals surface area (Å²) in [6.07, 6.45) is -3.08. The van der Waals surface area contributed by atoms with Gasteiger partial charge in [0.05, 0.1) is 6.20 Å². The van der Waals surface area contributed by atoms with Crippen LogP contribution in [0.1, 0.15) is 5.56 Å². The number of carbonyl (C=O) groups is 1. The molecule has 1 rings (SSSR count). The molecule has 0 aliphatic carbocycles. The Morgan fingerprint density at radius 1 is 1.55 bits per heavy atom. The molecule has 0 bridgehead atoms. The Hall–Kier alpha value is -1.97. The Kier molecular flexibility index (Phi) is 5.19. The van der Waals surface area contributed by atoms with Crippen molar-refractivity contribution in [3.05, 3.63) is 17.8 Å². The quantitative estimate of drug-likeness (QED) is 0.645. The predicted molar refractivity (Wildman–Crippen MR) is 69.1 cm³/mol. The van der Waals surface area contributed by atoms with E-state index in [-0.39, 0.29) is 10.9 Å². The molecule has 0 spiro atoms. The molecule has 6 nitrogen and oxygen atoms in total. The molecule has 0 saturated carbocycles. The van der Waals surface area contributed by atoms with Gasteiger partial charge in [-0.2, -0.15) is 13.2 Å². The van der Waals surface area contributed by atoms with Crippen molar-refractivity contribution < 1.29 is 22.7 Å². The Bertz CT molecular complexity index is 534. The minimum absolute atomic E-state index is 0.0667. The van der Waals surface area contributed by atoms with Gasteiger partial charge in [-0.3, -0.25) is 0 Å². The molecule has 0 saturated heterocycles. The van der Waals surface area contributed by atoms with Crippen molar-refractivity contribution in [3.8, 4) is 5.75 Å². The fourth-order valence-electron chi connectivity index (χ4n) is 1.10. The molecule has 1 aromatic rings. The first-order valence-electron chi connectivity index (χ1n) is 5.13. The summed E-state index contributed by atoms with van der Waals surface area (Å²) in [6.45, 7) is 0. The summed E-state index contributed by atoms with van der Waals surface area (Å²) < 4.78 is 43.3. The Morgan fingerprint density at radius 3 is 2.70 bits per heavy atom. The van der Waals surface area contributed by atoms with Crippen molar-refractivity contribution in [2.75, 3.05) is 13.3 Å². The van der Waals surface area contributed by atoms with Gasteiger partial charge in [0.25, 0.3) is 0 Å². The smallest absolute Gasteiger partial charge is 0.409 e. The van der Waals surface area contributed by atoms with Crippen molar-refractivity contribution in [1.82, 2.24) is 10.3 Å². The number of pyridine rings is 1. The average Bonchev–Trinajstić information content (AvgIpc) is 2.38. The maximum absolute atomic E-state index is 12.9. The molecule has 0 aromatic carbocycles. The summed E-state index contributed by atoms with van der Waals surface area (Å²) in [5.41, 5.74) is 4.23. The first-order valence-corrected chi connectivity index (χ1v) is 6.35. The molecule has 0 fully saturated rings. The molecular weight excluding hydrogens is 297 g/mol. The lowest BCUT2D eigenvalue weighted by molar-refractivity contribution is -0.137. The standard InChI is InChI=1S/C10H11F3N4O2S/c1-15-9(18)19-5-3-6(10(11,12)13)7(16-4-5)17-8(14)20-2/h3-4H,1-2H3,(H,15,18)(H2,14,16,17). The summed E-state index contributed by atoms with van der Waals surface area (Å²) in [6, 6.07) is 0.634. The fraction of sp³-hybridized carbons (Fsp3) is 0.300. The Morgan fingerprint density at radius 2 is 2.20 bits per heavy atom. The van der Waals surface area contributed by atoms with E-state index in [2.05, 4.69) is 20.0 Å². The van der Waals surface area contributed by atoms with Crippen LogP contribution in [-0.2, 0) is 6.18 Å². The van der Waals surface area contributed by atoms with Crippen LogP contribution in [0.5, 0.6) is 5.75 Å². The van der Waals surface area contributed by atoms with E-state index in [0.29, 0.717) is 6.07 Å². The molecule has 0 atom stereocenters. The van der Waals surface area contributed by atoms with Gasteiger partial charge in [0, 0.05) is 7.05 Å². The first-order chi connectivity index (χ1) is 9.27. The van der Waals surface area contributed by atoms with E-state index < -0.39 is 23.7 Å². The van der Waals surface area contributed by atoms with Crippen LogP contribution in [0.2, 0.25) is 0 Å². The Labute approximate surface area is 116 Å². The normalized spacial score (nSPS) is 12.2. The van der Waals surface area contributed by atoms with Crippen molar-refractivity contribution in [3.63, 3.8) is 0 Å². The molecule has 1 aromatic heterocycles. The van der Waals surface area contributed by atoms with Crippen molar-refractivity contribution in [2.24, 2.45) is 10.7 Å². The third-order valence-electron chi connectivity index (χ3n) is 1.99. The van der Waals surface area contributed by atoms with Crippen LogP contribution in [0, 0.1) is 0 Å². The molecule has 0 unspecified atom stereocenters. The van der Waals surface area contributed by atoms with E-state index >= 15 is 0 Å². The molecular formula is C10H11F3N4O2S. The summed E-state index contributed by atoms with van der Waals surface area (Å²) in [7, 11) is 1.28. The predicted octanol–water partition coefficient (Wildman–Crippen LogP) is 2.13. The second-order valence-corrected chi connectivity index (χ2v) is 4.16.